The maximum absolute atomic E-state index is 13.0. The Hall–Kier alpha value is -3.50. The Morgan fingerprint density at radius 3 is 2.53 bits per heavy atom. The molecule has 0 bridgehead atoms. The van der Waals surface area contributed by atoms with Gasteiger partial charge in [-0.25, -0.2) is 0 Å². The highest BCUT2D eigenvalue weighted by atomic mass is 35.5. The van der Waals surface area contributed by atoms with Crippen molar-refractivity contribution in [3.05, 3.63) is 88.1 Å². The van der Waals surface area contributed by atoms with Crippen LogP contribution in [-0.4, -0.2) is 5.91 Å². The highest BCUT2D eigenvalue weighted by Crippen LogP contribution is 2.36. The van der Waals surface area contributed by atoms with Gasteiger partial charge in [0.05, 0.1) is 10.6 Å². The molecule has 1 aromatic heterocycles. The van der Waals surface area contributed by atoms with Gasteiger partial charge in [0, 0.05) is 18.2 Å². The van der Waals surface area contributed by atoms with Gasteiger partial charge < -0.3 is 9.73 Å². The number of furan rings is 1. The van der Waals surface area contributed by atoms with Crippen LogP contribution in [0.25, 0.3) is 17.4 Å². The van der Waals surface area contributed by atoms with Crippen LogP contribution in [0.3, 0.4) is 0 Å². The predicted octanol–water partition coefficient (Wildman–Crippen LogP) is 5.84. The fourth-order valence-corrected chi connectivity index (χ4v) is 2.84. The summed E-state index contributed by atoms with van der Waals surface area (Å²) in [7, 11) is 0. The lowest BCUT2D eigenvalue weighted by molar-refractivity contribution is -0.137. The third kappa shape index (κ3) is 5.10. The number of nitrogens with zero attached hydrogens (tertiary/aromatic N) is 1. The lowest BCUT2D eigenvalue weighted by Crippen LogP contribution is -2.23. The van der Waals surface area contributed by atoms with Crippen molar-refractivity contribution in [2.24, 2.45) is 0 Å². The van der Waals surface area contributed by atoms with Gasteiger partial charge in [-0.1, -0.05) is 41.9 Å². The van der Waals surface area contributed by atoms with Crippen molar-refractivity contribution in [1.29, 1.82) is 5.26 Å². The molecule has 2 aromatic carbocycles. The van der Waals surface area contributed by atoms with E-state index in [1.807, 2.05) is 30.3 Å². The first kappa shape index (κ1) is 21.2. The van der Waals surface area contributed by atoms with Crippen molar-refractivity contribution in [2.75, 3.05) is 0 Å². The van der Waals surface area contributed by atoms with E-state index in [9.17, 15) is 23.2 Å². The van der Waals surface area contributed by atoms with Crippen molar-refractivity contribution < 1.29 is 22.4 Å². The van der Waals surface area contributed by atoms with E-state index in [2.05, 4.69) is 5.32 Å². The normalized spacial score (nSPS) is 11.8. The summed E-state index contributed by atoms with van der Waals surface area (Å²) in [5.74, 6) is -0.388. The van der Waals surface area contributed by atoms with Gasteiger partial charge in [0.2, 0.25) is 0 Å². The van der Waals surface area contributed by atoms with Gasteiger partial charge in [0.25, 0.3) is 5.91 Å². The van der Waals surface area contributed by atoms with Crippen LogP contribution >= 0.6 is 11.6 Å². The zero-order valence-electron chi connectivity index (χ0n) is 15.3. The standard InChI is InChI=1S/C22H14ClF3N2O2/c23-19-8-6-16(22(24,25)26)11-18(19)20-9-7-17(30-20)10-15(12-27)21(29)28-13-14-4-2-1-3-5-14/h1-11H,13H2,(H,28,29). The number of hydrogen-bond acceptors (Lipinski definition) is 3. The molecule has 1 N–H and O–H groups in total. The smallest absolute Gasteiger partial charge is 0.416 e. The second-order valence-corrected chi connectivity index (χ2v) is 6.64. The van der Waals surface area contributed by atoms with E-state index < -0.39 is 17.6 Å². The molecule has 0 radical (unpaired) electrons. The monoisotopic (exact) mass is 430 g/mol. The van der Waals surface area contributed by atoms with E-state index in [0.717, 1.165) is 23.8 Å². The topological polar surface area (TPSA) is 66.0 Å². The summed E-state index contributed by atoms with van der Waals surface area (Å²) in [5, 5.41) is 12.0. The van der Waals surface area contributed by atoms with E-state index in [1.54, 1.807) is 6.07 Å². The molecule has 3 rings (SSSR count). The molecule has 0 aliphatic carbocycles. The fraction of sp³-hybridized carbons (Fsp3) is 0.0909. The molecular weight excluding hydrogens is 417 g/mol. The number of nitrogens with one attached hydrogen (secondary N) is 1. The Balaban J connectivity index is 1.80. The van der Waals surface area contributed by atoms with E-state index in [0.29, 0.717) is 0 Å². The highest BCUT2D eigenvalue weighted by Gasteiger charge is 2.31. The minimum Gasteiger partial charge on any atom is -0.457 e. The largest absolute Gasteiger partial charge is 0.457 e. The van der Waals surface area contributed by atoms with Crippen molar-refractivity contribution >= 4 is 23.6 Å². The first-order valence-corrected chi connectivity index (χ1v) is 9.06. The van der Waals surface area contributed by atoms with Crippen molar-refractivity contribution in [3.63, 3.8) is 0 Å². The summed E-state index contributed by atoms with van der Waals surface area (Å²) >= 11 is 6.01. The average Bonchev–Trinajstić information content (AvgIpc) is 3.19. The van der Waals surface area contributed by atoms with Crippen LogP contribution < -0.4 is 5.32 Å². The summed E-state index contributed by atoms with van der Waals surface area (Å²) in [6.45, 7) is 0.238. The summed E-state index contributed by atoms with van der Waals surface area (Å²) in [5.41, 5.74) is -0.156. The van der Waals surface area contributed by atoms with Crippen LogP contribution in [0.5, 0.6) is 0 Å². The highest BCUT2D eigenvalue weighted by molar-refractivity contribution is 6.33. The zero-order chi connectivity index (χ0) is 21.7. The number of rotatable bonds is 5. The number of nitriles is 1. The Labute approximate surface area is 175 Å². The zero-order valence-corrected chi connectivity index (χ0v) is 16.1. The van der Waals surface area contributed by atoms with Crippen LogP contribution in [0.1, 0.15) is 16.9 Å². The predicted molar refractivity (Wildman–Crippen MR) is 106 cm³/mol. The molecule has 30 heavy (non-hydrogen) atoms. The molecule has 0 fully saturated rings. The van der Waals surface area contributed by atoms with Gasteiger partial charge in [-0.05, 0) is 35.9 Å². The minimum atomic E-state index is -4.53. The van der Waals surface area contributed by atoms with Crippen LogP contribution in [0.4, 0.5) is 13.2 Å². The minimum absolute atomic E-state index is 0.0539. The molecule has 0 spiro atoms. The second kappa shape index (κ2) is 8.89. The van der Waals surface area contributed by atoms with Crippen molar-refractivity contribution in [1.82, 2.24) is 5.32 Å². The third-order valence-corrected chi connectivity index (χ3v) is 4.46. The Kier molecular flexibility index (Phi) is 6.28. The van der Waals surface area contributed by atoms with Gasteiger partial charge in [0.1, 0.15) is 23.2 Å². The lowest BCUT2D eigenvalue weighted by atomic mass is 10.1. The molecule has 0 atom stereocenters. The second-order valence-electron chi connectivity index (χ2n) is 6.23. The molecule has 0 unspecified atom stereocenters. The van der Waals surface area contributed by atoms with Gasteiger partial charge in [0.15, 0.2) is 0 Å². The number of alkyl halides is 3. The summed E-state index contributed by atoms with van der Waals surface area (Å²) in [6, 6.07) is 16.7. The lowest BCUT2D eigenvalue weighted by Gasteiger charge is -2.09. The van der Waals surface area contributed by atoms with E-state index in [-0.39, 0.29) is 34.2 Å². The summed E-state index contributed by atoms with van der Waals surface area (Å²) < 4.78 is 44.4. The molecule has 4 nitrogen and oxygen atoms in total. The Morgan fingerprint density at radius 2 is 1.87 bits per heavy atom. The first-order chi connectivity index (χ1) is 14.3. The quantitative estimate of drug-likeness (QED) is 0.408. The first-order valence-electron chi connectivity index (χ1n) is 8.69. The van der Waals surface area contributed by atoms with Crippen molar-refractivity contribution in [2.45, 2.75) is 12.7 Å². The maximum Gasteiger partial charge on any atom is 0.416 e. The van der Waals surface area contributed by atoms with Crippen LogP contribution in [0, 0.1) is 11.3 Å². The molecule has 152 valence electrons. The molecule has 0 aliphatic rings. The average molecular weight is 431 g/mol. The number of halogens is 4. The molecule has 1 amide bonds. The molecule has 1 heterocycles. The van der Waals surface area contributed by atoms with Gasteiger partial charge >= 0.3 is 6.18 Å². The van der Waals surface area contributed by atoms with Crippen LogP contribution in [0.2, 0.25) is 5.02 Å². The molecular formula is C22H14ClF3N2O2. The fourth-order valence-electron chi connectivity index (χ4n) is 2.63. The number of amides is 1. The number of hydrogen-bond donors (Lipinski definition) is 1. The Morgan fingerprint density at radius 1 is 1.13 bits per heavy atom. The van der Waals surface area contributed by atoms with E-state index >= 15 is 0 Å². The molecule has 8 heteroatoms. The van der Waals surface area contributed by atoms with E-state index in [1.165, 1.54) is 18.2 Å². The molecule has 0 saturated heterocycles. The van der Waals surface area contributed by atoms with Crippen LogP contribution in [-0.2, 0) is 17.5 Å². The van der Waals surface area contributed by atoms with Crippen molar-refractivity contribution in [3.8, 4) is 17.4 Å². The number of carbonyl (C=O) groups is 1. The molecule has 0 saturated carbocycles. The number of benzene rings is 2. The number of carbonyl (C=O) groups excluding carboxylic acids is 1. The third-order valence-electron chi connectivity index (χ3n) is 4.13. The summed E-state index contributed by atoms with van der Waals surface area (Å²) in [4.78, 5) is 12.2. The van der Waals surface area contributed by atoms with Gasteiger partial charge in [-0.2, -0.15) is 18.4 Å². The summed E-state index contributed by atoms with van der Waals surface area (Å²) in [6.07, 6.45) is -3.31. The molecule has 0 aliphatic heterocycles. The Bertz CT molecular complexity index is 1130. The maximum atomic E-state index is 13.0. The van der Waals surface area contributed by atoms with E-state index in [4.69, 9.17) is 16.0 Å². The van der Waals surface area contributed by atoms with Gasteiger partial charge in [-0.15, -0.1) is 0 Å². The SMILES string of the molecule is N#CC(=Cc1ccc(-c2cc(C(F)(F)F)ccc2Cl)o1)C(=O)NCc1ccccc1. The van der Waals surface area contributed by atoms with Crippen LogP contribution in [0.15, 0.2) is 70.7 Å². The molecule has 3 aromatic rings. The van der Waals surface area contributed by atoms with Gasteiger partial charge in [-0.3, -0.25) is 4.79 Å².